The summed E-state index contributed by atoms with van der Waals surface area (Å²) in [4.78, 5) is 40.8. The lowest BCUT2D eigenvalue weighted by Crippen LogP contribution is -2.31. The third-order valence-electron chi connectivity index (χ3n) is 4.00. The minimum Gasteiger partial charge on any atom is -0.494 e. The molecule has 0 atom stereocenters. The summed E-state index contributed by atoms with van der Waals surface area (Å²) in [5, 5.41) is 21.5. The van der Waals surface area contributed by atoms with E-state index >= 15 is 0 Å². The maximum atomic E-state index is 12.2. The number of nitro benzene ring substituents is 1. The molecule has 11 heteroatoms. The van der Waals surface area contributed by atoms with E-state index in [2.05, 4.69) is 9.98 Å². The van der Waals surface area contributed by atoms with E-state index in [1.54, 1.807) is 12.1 Å². The topological polar surface area (TPSA) is 140 Å². The number of nitro groups is 1. The predicted molar refractivity (Wildman–Crippen MR) is 111 cm³/mol. The molecule has 1 aromatic heterocycles. The second-order valence-corrected chi connectivity index (χ2v) is 6.32. The van der Waals surface area contributed by atoms with Crippen LogP contribution in [0.2, 0.25) is 5.02 Å². The van der Waals surface area contributed by atoms with Crippen LogP contribution in [0.1, 0.15) is 12.5 Å². The second kappa shape index (κ2) is 8.62. The van der Waals surface area contributed by atoms with Crippen LogP contribution in [0.15, 0.2) is 57.0 Å². The van der Waals surface area contributed by atoms with Crippen LogP contribution in [0.3, 0.4) is 0 Å². The van der Waals surface area contributed by atoms with E-state index < -0.39 is 22.1 Å². The third-order valence-corrected chi connectivity index (χ3v) is 4.32. The molecule has 3 aromatic rings. The van der Waals surface area contributed by atoms with Gasteiger partial charge in [-0.25, -0.2) is 9.36 Å². The van der Waals surface area contributed by atoms with Gasteiger partial charge in [-0.15, -0.1) is 0 Å². The highest BCUT2D eigenvalue weighted by Gasteiger charge is 2.15. The van der Waals surface area contributed by atoms with Gasteiger partial charge >= 0.3 is 5.69 Å². The number of benzene rings is 2. The molecule has 0 aliphatic carbocycles. The number of halogens is 1. The van der Waals surface area contributed by atoms with Crippen molar-refractivity contribution in [1.29, 1.82) is 0 Å². The van der Waals surface area contributed by atoms with Gasteiger partial charge in [0.05, 0.1) is 22.9 Å². The largest absolute Gasteiger partial charge is 0.494 e. The molecule has 0 bridgehead atoms. The van der Waals surface area contributed by atoms with Crippen molar-refractivity contribution in [2.75, 3.05) is 6.61 Å². The summed E-state index contributed by atoms with van der Waals surface area (Å²) in [5.74, 6) is -0.0653. The highest BCUT2D eigenvalue weighted by atomic mass is 35.5. The van der Waals surface area contributed by atoms with Crippen LogP contribution in [0.4, 0.5) is 11.4 Å². The van der Waals surface area contributed by atoms with Crippen molar-refractivity contribution in [1.82, 2.24) is 9.55 Å². The number of nitrogens with one attached hydrogen (secondary N) is 1. The standard InChI is InChI=1S/C19H15ClN4O6/c1-2-30-13-6-4-12(5-7-13)23-18(26)14(17(25)22-19(23)27)10-21-11-3-8-15(20)16(9-11)24(28)29/h3-10,26H,2H2,1H3,(H,22,25,27). The van der Waals surface area contributed by atoms with Gasteiger partial charge in [-0.2, -0.15) is 0 Å². The Morgan fingerprint density at radius 3 is 2.60 bits per heavy atom. The molecular formula is C19H15ClN4O6. The van der Waals surface area contributed by atoms with E-state index in [0.29, 0.717) is 12.4 Å². The monoisotopic (exact) mass is 430 g/mol. The zero-order valence-electron chi connectivity index (χ0n) is 15.5. The number of nitrogens with zero attached hydrogens (tertiary/aromatic N) is 3. The van der Waals surface area contributed by atoms with E-state index in [4.69, 9.17) is 16.3 Å². The number of aromatic nitrogens is 2. The Kier molecular flexibility index (Phi) is 5.98. The molecule has 10 nitrogen and oxygen atoms in total. The zero-order chi connectivity index (χ0) is 21.8. The quantitative estimate of drug-likeness (QED) is 0.350. The fourth-order valence-electron chi connectivity index (χ4n) is 2.61. The van der Waals surface area contributed by atoms with Gasteiger partial charge in [-0.3, -0.25) is 24.9 Å². The molecule has 0 unspecified atom stereocenters. The Morgan fingerprint density at radius 2 is 1.97 bits per heavy atom. The average Bonchev–Trinajstić information content (AvgIpc) is 2.70. The van der Waals surface area contributed by atoms with Crippen molar-refractivity contribution in [3.05, 3.63) is 84.0 Å². The van der Waals surface area contributed by atoms with Gasteiger partial charge in [-0.1, -0.05) is 11.6 Å². The van der Waals surface area contributed by atoms with Gasteiger partial charge in [0.25, 0.3) is 11.2 Å². The van der Waals surface area contributed by atoms with Crippen LogP contribution in [-0.2, 0) is 0 Å². The van der Waals surface area contributed by atoms with Crippen LogP contribution < -0.4 is 16.0 Å². The molecule has 0 aliphatic rings. The van der Waals surface area contributed by atoms with Gasteiger partial charge in [0, 0.05) is 12.3 Å². The first-order valence-corrected chi connectivity index (χ1v) is 8.99. The molecule has 30 heavy (non-hydrogen) atoms. The summed E-state index contributed by atoms with van der Waals surface area (Å²) in [6.45, 7) is 2.29. The lowest BCUT2D eigenvalue weighted by Gasteiger charge is -2.10. The Morgan fingerprint density at radius 1 is 1.27 bits per heavy atom. The second-order valence-electron chi connectivity index (χ2n) is 5.91. The Balaban J connectivity index is 2.04. The summed E-state index contributed by atoms with van der Waals surface area (Å²) >= 11 is 5.76. The molecule has 0 spiro atoms. The fraction of sp³-hybridized carbons (Fsp3) is 0.105. The first-order valence-electron chi connectivity index (χ1n) is 8.61. The molecule has 0 saturated carbocycles. The Bertz CT molecular complexity index is 1250. The van der Waals surface area contributed by atoms with Crippen LogP contribution >= 0.6 is 11.6 Å². The van der Waals surface area contributed by atoms with Gasteiger partial charge in [-0.05, 0) is 43.3 Å². The summed E-state index contributed by atoms with van der Waals surface area (Å²) in [6, 6.07) is 10.1. The van der Waals surface area contributed by atoms with Gasteiger partial charge in [0.1, 0.15) is 16.3 Å². The molecule has 0 aliphatic heterocycles. The predicted octanol–water partition coefficient (Wildman–Crippen LogP) is 2.94. The number of aliphatic imine (C=N–C) groups is 1. The number of aromatic amines is 1. The zero-order valence-corrected chi connectivity index (χ0v) is 16.3. The molecule has 3 rings (SSSR count). The average molecular weight is 431 g/mol. The molecular weight excluding hydrogens is 416 g/mol. The van der Waals surface area contributed by atoms with E-state index in [0.717, 1.165) is 16.8 Å². The normalized spacial score (nSPS) is 11.0. The third kappa shape index (κ3) is 4.23. The van der Waals surface area contributed by atoms with E-state index in [1.807, 2.05) is 6.92 Å². The highest BCUT2D eigenvalue weighted by Crippen LogP contribution is 2.29. The molecule has 0 saturated heterocycles. The van der Waals surface area contributed by atoms with Crippen molar-refractivity contribution in [2.24, 2.45) is 4.99 Å². The van der Waals surface area contributed by atoms with Crippen molar-refractivity contribution in [2.45, 2.75) is 6.92 Å². The van der Waals surface area contributed by atoms with E-state index in [9.17, 15) is 24.8 Å². The number of hydrogen-bond acceptors (Lipinski definition) is 7. The molecule has 2 N–H and O–H groups in total. The summed E-state index contributed by atoms with van der Waals surface area (Å²) in [7, 11) is 0. The summed E-state index contributed by atoms with van der Waals surface area (Å²) < 4.78 is 6.23. The van der Waals surface area contributed by atoms with Gasteiger partial charge < -0.3 is 9.84 Å². The number of aromatic hydroxyl groups is 1. The molecule has 2 aromatic carbocycles. The Labute approximate surface area is 173 Å². The summed E-state index contributed by atoms with van der Waals surface area (Å²) in [5.41, 5.74) is -1.96. The van der Waals surface area contributed by atoms with E-state index in [-0.39, 0.29) is 27.6 Å². The van der Waals surface area contributed by atoms with Crippen molar-refractivity contribution in [3.63, 3.8) is 0 Å². The first kappa shape index (κ1) is 20.8. The number of hydrogen-bond donors (Lipinski definition) is 2. The molecule has 0 fully saturated rings. The number of rotatable bonds is 6. The maximum Gasteiger partial charge on any atom is 0.335 e. The minimum absolute atomic E-state index is 0.0660. The number of ether oxygens (including phenoxy) is 1. The van der Waals surface area contributed by atoms with Crippen LogP contribution in [0, 0.1) is 10.1 Å². The maximum absolute atomic E-state index is 12.2. The Hall–Kier alpha value is -3.92. The van der Waals surface area contributed by atoms with Gasteiger partial charge in [0.2, 0.25) is 5.88 Å². The lowest BCUT2D eigenvalue weighted by molar-refractivity contribution is -0.384. The molecule has 0 amide bonds. The SMILES string of the molecule is CCOc1ccc(-n2c(O)c(C=Nc3ccc(Cl)c([N+](=O)[O-])c3)c(=O)[nH]c2=O)cc1. The molecule has 154 valence electrons. The lowest BCUT2D eigenvalue weighted by atomic mass is 10.2. The highest BCUT2D eigenvalue weighted by molar-refractivity contribution is 6.32. The van der Waals surface area contributed by atoms with Crippen molar-refractivity contribution >= 4 is 29.2 Å². The number of H-pyrrole nitrogens is 1. The van der Waals surface area contributed by atoms with Crippen LogP contribution in [-0.4, -0.2) is 32.4 Å². The fourth-order valence-corrected chi connectivity index (χ4v) is 2.80. The summed E-state index contributed by atoms with van der Waals surface area (Å²) in [6.07, 6.45) is 1.01. The van der Waals surface area contributed by atoms with Crippen molar-refractivity contribution in [3.8, 4) is 17.3 Å². The molecule has 1 heterocycles. The minimum atomic E-state index is -0.869. The van der Waals surface area contributed by atoms with E-state index in [1.165, 1.54) is 24.3 Å². The first-order chi connectivity index (χ1) is 14.3. The smallest absolute Gasteiger partial charge is 0.335 e. The van der Waals surface area contributed by atoms with Crippen LogP contribution in [0.5, 0.6) is 11.6 Å². The van der Waals surface area contributed by atoms with Crippen LogP contribution in [0.25, 0.3) is 5.69 Å². The van der Waals surface area contributed by atoms with Gasteiger partial charge in [0.15, 0.2) is 0 Å². The molecule has 0 radical (unpaired) electrons. The van der Waals surface area contributed by atoms with Crippen molar-refractivity contribution < 1.29 is 14.8 Å².